The van der Waals surface area contributed by atoms with E-state index < -0.39 is 5.97 Å². The van der Waals surface area contributed by atoms with Crippen molar-refractivity contribution in [3.05, 3.63) is 71.8 Å². The number of para-hydroxylation sites is 1. The first-order valence-electron chi connectivity index (χ1n) is 11.8. The Labute approximate surface area is 208 Å². The van der Waals surface area contributed by atoms with Gasteiger partial charge in [0.25, 0.3) is 0 Å². The second-order valence-corrected chi connectivity index (χ2v) is 8.36. The Morgan fingerprint density at radius 2 is 1.75 bits per heavy atom. The largest absolute Gasteiger partial charge is 0.465 e. The molecule has 182 valence electrons. The molecule has 1 N–H and O–H groups in total. The molecule has 0 fully saturated rings. The maximum absolute atomic E-state index is 12.8. The molecule has 0 aliphatic carbocycles. The number of ether oxygens (including phenoxy) is 2. The number of aryl methyl sites for hydroxylation is 1. The molecule has 36 heavy (non-hydrogen) atoms. The summed E-state index contributed by atoms with van der Waals surface area (Å²) in [6.45, 7) is 4.58. The van der Waals surface area contributed by atoms with Crippen molar-refractivity contribution in [3.63, 3.8) is 0 Å². The molecule has 2 heterocycles. The predicted octanol–water partition coefficient (Wildman–Crippen LogP) is 5.15. The highest BCUT2D eigenvalue weighted by Gasteiger charge is 2.24. The molecular formula is C27H26N6O3. The highest BCUT2D eigenvalue weighted by Crippen LogP contribution is 2.38. The van der Waals surface area contributed by atoms with Crippen LogP contribution in [0.5, 0.6) is 6.01 Å². The average molecular weight is 483 g/mol. The van der Waals surface area contributed by atoms with Gasteiger partial charge in [-0.3, -0.25) is 4.57 Å². The Hall–Kier alpha value is -4.53. The number of benzene rings is 3. The number of esters is 1. The molecule has 0 bridgehead atoms. The number of nitrogens with one attached hydrogen (secondary N) is 1. The quantitative estimate of drug-likeness (QED) is 0.241. The van der Waals surface area contributed by atoms with Gasteiger partial charge in [-0.2, -0.15) is 4.98 Å². The van der Waals surface area contributed by atoms with Crippen molar-refractivity contribution >= 4 is 17.0 Å². The van der Waals surface area contributed by atoms with Crippen LogP contribution in [0.2, 0.25) is 0 Å². The van der Waals surface area contributed by atoms with E-state index in [0.29, 0.717) is 35.0 Å². The van der Waals surface area contributed by atoms with Crippen LogP contribution in [0.3, 0.4) is 0 Å². The van der Waals surface area contributed by atoms with Gasteiger partial charge in [-0.15, -0.1) is 5.10 Å². The lowest BCUT2D eigenvalue weighted by atomic mass is 9.97. The SMILES string of the molecule is CCCCOc1nc2c(C)ccc(C(=O)OC)c2n1-c1ccccc1-c1ccccc1-c1nnn[nH]1. The Morgan fingerprint density at radius 3 is 2.47 bits per heavy atom. The smallest absolute Gasteiger partial charge is 0.340 e. The second-order valence-electron chi connectivity index (χ2n) is 8.36. The number of hydrogen-bond donors (Lipinski definition) is 1. The number of hydrogen-bond acceptors (Lipinski definition) is 7. The molecule has 0 spiro atoms. The van der Waals surface area contributed by atoms with Gasteiger partial charge in [-0.05, 0) is 47.0 Å². The zero-order chi connectivity index (χ0) is 25.1. The standard InChI is InChI=1S/C27H26N6O3/c1-4-5-16-36-27-28-23-17(2)14-15-21(26(34)35-3)24(23)33(27)22-13-9-8-11-19(22)18-10-6-7-12-20(18)25-29-31-32-30-25/h6-15H,4-5,16H2,1-3H3,(H,29,30,31,32). The van der Waals surface area contributed by atoms with Gasteiger partial charge in [0, 0.05) is 11.1 Å². The fourth-order valence-corrected chi connectivity index (χ4v) is 4.29. The molecule has 0 amide bonds. The highest BCUT2D eigenvalue weighted by atomic mass is 16.5. The van der Waals surface area contributed by atoms with Gasteiger partial charge in [-0.1, -0.05) is 61.9 Å². The first-order chi connectivity index (χ1) is 17.6. The molecule has 0 atom stereocenters. The summed E-state index contributed by atoms with van der Waals surface area (Å²) in [4.78, 5) is 17.7. The van der Waals surface area contributed by atoms with Crippen molar-refractivity contribution in [2.75, 3.05) is 13.7 Å². The van der Waals surface area contributed by atoms with Gasteiger partial charge in [-0.25, -0.2) is 9.89 Å². The third kappa shape index (κ3) is 4.08. The molecule has 2 aromatic heterocycles. The minimum Gasteiger partial charge on any atom is -0.465 e. The van der Waals surface area contributed by atoms with Crippen LogP contribution in [0.15, 0.2) is 60.7 Å². The van der Waals surface area contributed by atoms with Crippen LogP contribution in [0.4, 0.5) is 0 Å². The number of rotatable bonds is 8. The van der Waals surface area contributed by atoms with Crippen LogP contribution >= 0.6 is 0 Å². The summed E-state index contributed by atoms with van der Waals surface area (Å²) in [5, 5.41) is 14.5. The molecule has 0 aliphatic heterocycles. The lowest BCUT2D eigenvalue weighted by molar-refractivity contribution is 0.0602. The Balaban J connectivity index is 1.82. The Morgan fingerprint density at radius 1 is 1.00 bits per heavy atom. The van der Waals surface area contributed by atoms with Crippen LogP contribution in [-0.4, -0.2) is 49.9 Å². The van der Waals surface area contributed by atoms with Crippen molar-refractivity contribution in [1.82, 2.24) is 30.2 Å². The van der Waals surface area contributed by atoms with Crippen LogP contribution in [0, 0.1) is 6.92 Å². The van der Waals surface area contributed by atoms with Gasteiger partial charge >= 0.3 is 12.0 Å². The fourth-order valence-electron chi connectivity index (χ4n) is 4.29. The summed E-state index contributed by atoms with van der Waals surface area (Å²) < 4.78 is 13.2. The molecule has 0 radical (unpaired) electrons. The number of carbonyl (C=O) groups excluding carboxylic acids is 1. The van der Waals surface area contributed by atoms with Crippen LogP contribution in [0.1, 0.15) is 35.7 Å². The van der Waals surface area contributed by atoms with Gasteiger partial charge in [0.05, 0.1) is 36.0 Å². The molecule has 0 saturated heterocycles. The first kappa shape index (κ1) is 23.2. The molecular weight excluding hydrogens is 456 g/mol. The fraction of sp³-hybridized carbons (Fsp3) is 0.222. The maximum atomic E-state index is 12.8. The third-order valence-corrected chi connectivity index (χ3v) is 6.07. The molecule has 0 saturated carbocycles. The van der Waals surface area contributed by atoms with E-state index in [9.17, 15) is 4.79 Å². The van der Waals surface area contributed by atoms with E-state index >= 15 is 0 Å². The Kier molecular flexibility index (Phi) is 6.44. The summed E-state index contributed by atoms with van der Waals surface area (Å²) in [6.07, 6.45) is 1.87. The summed E-state index contributed by atoms with van der Waals surface area (Å²) >= 11 is 0. The van der Waals surface area contributed by atoms with Crippen molar-refractivity contribution in [3.8, 4) is 34.2 Å². The zero-order valence-corrected chi connectivity index (χ0v) is 20.4. The van der Waals surface area contributed by atoms with Crippen LogP contribution in [-0.2, 0) is 4.74 Å². The van der Waals surface area contributed by atoms with E-state index in [0.717, 1.165) is 40.8 Å². The number of aromatic amines is 1. The average Bonchev–Trinajstić information content (AvgIpc) is 3.58. The van der Waals surface area contributed by atoms with E-state index in [1.165, 1.54) is 7.11 Å². The summed E-state index contributed by atoms with van der Waals surface area (Å²) in [5.41, 5.74) is 6.15. The number of methoxy groups -OCH3 is 1. The monoisotopic (exact) mass is 482 g/mol. The van der Waals surface area contributed by atoms with Crippen molar-refractivity contribution < 1.29 is 14.3 Å². The zero-order valence-electron chi connectivity index (χ0n) is 20.4. The second kappa shape index (κ2) is 9.99. The minimum atomic E-state index is -0.438. The van der Waals surface area contributed by atoms with Crippen molar-refractivity contribution in [2.24, 2.45) is 0 Å². The number of aromatic nitrogens is 6. The van der Waals surface area contributed by atoms with Crippen molar-refractivity contribution in [2.45, 2.75) is 26.7 Å². The first-order valence-corrected chi connectivity index (χ1v) is 11.8. The molecule has 9 nitrogen and oxygen atoms in total. The Bertz CT molecular complexity index is 1520. The van der Waals surface area contributed by atoms with E-state index in [-0.39, 0.29) is 0 Å². The third-order valence-electron chi connectivity index (χ3n) is 6.07. The lowest BCUT2D eigenvalue weighted by Crippen LogP contribution is -2.08. The summed E-state index contributed by atoms with van der Waals surface area (Å²) in [5.74, 6) is 0.119. The molecule has 3 aromatic carbocycles. The summed E-state index contributed by atoms with van der Waals surface area (Å²) in [6, 6.07) is 19.9. The van der Waals surface area contributed by atoms with Crippen molar-refractivity contribution in [1.29, 1.82) is 0 Å². The number of carbonyl (C=O) groups is 1. The maximum Gasteiger partial charge on any atom is 0.340 e. The normalized spacial score (nSPS) is 11.1. The minimum absolute atomic E-state index is 0.415. The number of nitrogens with zero attached hydrogens (tertiary/aromatic N) is 5. The number of tetrazole rings is 1. The van der Waals surface area contributed by atoms with Crippen LogP contribution < -0.4 is 4.74 Å². The molecule has 5 aromatic rings. The van der Waals surface area contributed by atoms with Gasteiger partial charge in [0.1, 0.15) is 0 Å². The van der Waals surface area contributed by atoms with Gasteiger partial charge in [0.2, 0.25) is 0 Å². The van der Waals surface area contributed by atoms with Gasteiger partial charge in [0.15, 0.2) is 5.82 Å². The lowest BCUT2D eigenvalue weighted by Gasteiger charge is -2.17. The molecule has 0 aliphatic rings. The summed E-state index contributed by atoms with van der Waals surface area (Å²) in [7, 11) is 1.38. The van der Waals surface area contributed by atoms with Crippen LogP contribution in [0.25, 0.3) is 39.2 Å². The molecule has 0 unspecified atom stereocenters. The van der Waals surface area contributed by atoms with E-state index in [1.54, 1.807) is 6.07 Å². The number of unbranched alkanes of at least 4 members (excludes halogenated alkanes) is 1. The van der Waals surface area contributed by atoms with Gasteiger partial charge < -0.3 is 9.47 Å². The molecule has 5 rings (SSSR count). The van der Waals surface area contributed by atoms with E-state index in [4.69, 9.17) is 14.5 Å². The molecule has 9 heteroatoms. The number of fused-ring (bicyclic) bond motifs is 1. The number of imidazole rings is 1. The predicted molar refractivity (Wildman–Crippen MR) is 136 cm³/mol. The highest BCUT2D eigenvalue weighted by molar-refractivity contribution is 6.04. The number of H-pyrrole nitrogens is 1. The van der Waals surface area contributed by atoms with E-state index in [2.05, 4.69) is 27.5 Å². The topological polar surface area (TPSA) is 108 Å². The van der Waals surface area contributed by atoms with E-state index in [1.807, 2.05) is 66.1 Å².